The van der Waals surface area contributed by atoms with Crippen LogP contribution in [0.4, 0.5) is 5.69 Å². The van der Waals surface area contributed by atoms with Gasteiger partial charge in [-0.1, -0.05) is 17.9 Å². The van der Waals surface area contributed by atoms with Gasteiger partial charge in [-0.15, -0.1) is 0 Å². The van der Waals surface area contributed by atoms with Crippen LogP contribution in [0.3, 0.4) is 0 Å². The van der Waals surface area contributed by atoms with Crippen LogP contribution in [-0.2, 0) is 0 Å². The standard InChI is InChI=1S/C16H14N2O3/c1-21-14-8-2-7-13(11-14)18-16(20)15-12(6-4-10-19)5-3-9-17-15/h2-3,5,7-9,11,19H,10H2,1H3,(H,18,20). The zero-order valence-electron chi connectivity index (χ0n) is 11.5. The second kappa shape index (κ2) is 7.08. The number of carbonyl (C=O) groups is 1. The molecule has 0 saturated heterocycles. The van der Waals surface area contributed by atoms with Crippen molar-refractivity contribution in [2.24, 2.45) is 0 Å². The van der Waals surface area contributed by atoms with Crippen LogP contribution < -0.4 is 10.1 Å². The van der Waals surface area contributed by atoms with Gasteiger partial charge in [-0.05, 0) is 24.3 Å². The van der Waals surface area contributed by atoms with E-state index in [4.69, 9.17) is 9.84 Å². The lowest BCUT2D eigenvalue weighted by molar-refractivity contribution is 0.102. The molecule has 5 nitrogen and oxygen atoms in total. The fraction of sp³-hybridized carbons (Fsp3) is 0.125. The van der Waals surface area contributed by atoms with Gasteiger partial charge in [0.05, 0.1) is 12.7 Å². The molecular weight excluding hydrogens is 268 g/mol. The zero-order valence-corrected chi connectivity index (χ0v) is 11.5. The first-order chi connectivity index (χ1) is 10.2. The predicted octanol–water partition coefficient (Wildman–Crippen LogP) is 1.69. The summed E-state index contributed by atoms with van der Waals surface area (Å²) in [6, 6.07) is 10.4. The summed E-state index contributed by atoms with van der Waals surface area (Å²) in [6.07, 6.45) is 1.52. The van der Waals surface area contributed by atoms with Crippen molar-refractivity contribution in [3.05, 3.63) is 53.9 Å². The number of aliphatic hydroxyl groups excluding tert-OH is 1. The van der Waals surface area contributed by atoms with Gasteiger partial charge in [0, 0.05) is 18.0 Å². The number of rotatable bonds is 3. The molecule has 1 aromatic carbocycles. The average Bonchev–Trinajstić information content (AvgIpc) is 2.53. The quantitative estimate of drug-likeness (QED) is 0.840. The molecule has 0 aliphatic rings. The number of aromatic nitrogens is 1. The van der Waals surface area contributed by atoms with Gasteiger partial charge in [0.15, 0.2) is 0 Å². The monoisotopic (exact) mass is 282 g/mol. The van der Waals surface area contributed by atoms with Crippen molar-refractivity contribution in [2.75, 3.05) is 19.0 Å². The molecule has 0 spiro atoms. The van der Waals surface area contributed by atoms with Gasteiger partial charge in [-0.2, -0.15) is 0 Å². The minimum Gasteiger partial charge on any atom is -0.497 e. The molecule has 1 amide bonds. The third-order valence-electron chi connectivity index (χ3n) is 2.65. The molecule has 5 heteroatoms. The van der Waals surface area contributed by atoms with Gasteiger partial charge < -0.3 is 15.2 Å². The minimum absolute atomic E-state index is 0.210. The molecule has 0 radical (unpaired) electrons. The SMILES string of the molecule is COc1cccc(NC(=O)c2ncccc2C#CCO)c1. The van der Waals surface area contributed by atoms with E-state index in [0.717, 1.165) is 0 Å². The number of ether oxygens (including phenoxy) is 1. The van der Waals surface area contributed by atoms with Crippen LogP contribution in [0.1, 0.15) is 16.1 Å². The summed E-state index contributed by atoms with van der Waals surface area (Å²) < 4.78 is 5.10. The largest absolute Gasteiger partial charge is 0.497 e. The molecule has 0 unspecified atom stereocenters. The van der Waals surface area contributed by atoms with Crippen LogP contribution in [0.2, 0.25) is 0 Å². The van der Waals surface area contributed by atoms with E-state index in [9.17, 15) is 4.79 Å². The Hall–Kier alpha value is -2.84. The highest BCUT2D eigenvalue weighted by Gasteiger charge is 2.12. The van der Waals surface area contributed by atoms with Crippen molar-refractivity contribution in [1.82, 2.24) is 4.98 Å². The molecule has 2 N–H and O–H groups in total. The van der Waals surface area contributed by atoms with Gasteiger partial charge in [0.25, 0.3) is 5.91 Å². The number of nitrogens with one attached hydrogen (secondary N) is 1. The van der Waals surface area contributed by atoms with E-state index in [1.807, 2.05) is 0 Å². The van der Waals surface area contributed by atoms with Crippen molar-refractivity contribution < 1.29 is 14.6 Å². The number of nitrogens with zero attached hydrogens (tertiary/aromatic N) is 1. The van der Waals surface area contributed by atoms with Gasteiger partial charge in [-0.25, -0.2) is 4.98 Å². The van der Waals surface area contributed by atoms with Gasteiger partial charge >= 0.3 is 0 Å². The molecule has 106 valence electrons. The second-order valence-electron chi connectivity index (χ2n) is 4.05. The van der Waals surface area contributed by atoms with Crippen molar-refractivity contribution >= 4 is 11.6 Å². The number of pyridine rings is 1. The van der Waals surface area contributed by atoms with Crippen LogP contribution in [-0.4, -0.2) is 29.7 Å². The number of anilines is 1. The molecule has 1 aromatic heterocycles. The maximum atomic E-state index is 12.3. The maximum Gasteiger partial charge on any atom is 0.275 e. The molecule has 2 aromatic rings. The minimum atomic E-state index is -0.369. The first-order valence-electron chi connectivity index (χ1n) is 6.24. The lowest BCUT2D eigenvalue weighted by atomic mass is 10.2. The molecule has 0 aliphatic heterocycles. The fourth-order valence-electron chi connectivity index (χ4n) is 1.71. The zero-order chi connectivity index (χ0) is 15.1. The highest BCUT2D eigenvalue weighted by molar-refractivity contribution is 6.04. The number of methoxy groups -OCH3 is 1. The molecule has 0 bridgehead atoms. The first-order valence-corrected chi connectivity index (χ1v) is 6.24. The van der Waals surface area contributed by atoms with Crippen molar-refractivity contribution in [2.45, 2.75) is 0 Å². The number of carbonyl (C=O) groups excluding carboxylic acids is 1. The van der Waals surface area contributed by atoms with Crippen LogP contribution in [0.25, 0.3) is 0 Å². The Labute approximate surface area is 122 Å². The highest BCUT2D eigenvalue weighted by Crippen LogP contribution is 2.17. The second-order valence-corrected chi connectivity index (χ2v) is 4.05. The summed E-state index contributed by atoms with van der Waals surface area (Å²) in [5, 5.41) is 11.5. The van der Waals surface area contributed by atoms with Crippen LogP contribution in [0, 0.1) is 11.8 Å². The predicted molar refractivity (Wildman–Crippen MR) is 79.1 cm³/mol. The summed E-state index contributed by atoms with van der Waals surface area (Å²) in [5.41, 5.74) is 1.28. The third kappa shape index (κ3) is 3.81. The van der Waals surface area contributed by atoms with Gasteiger partial charge in [0.1, 0.15) is 18.1 Å². The normalized spacial score (nSPS) is 9.43. The summed E-state index contributed by atoms with van der Waals surface area (Å²) >= 11 is 0. The van der Waals surface area contributed by atoms with E-state index in [0.29, 0.717) is 17.0 Å². The molecule has 0 saturated carbocycles. The van der Waals surface area contributed by atoms with E-state index in [1.165, 1.54) is 6.20 Å². The summed E-state index contributed by atoms with van der Waals surface area (Å²) in [6.45, 7) is -0.272. The number of aliphatic hydroxyl groups is 1. The Bertz CT molecular complexity index is 702. The van der Waals surface area contributed by atoms with Crippen molar-refractivity contribution in [3.63, 3.8) is 0 Å². The van der Waals surface area contributed by atoms with E-state index in [-0.39, 0.29) is 18.2 Å². The lowest BCUT2D eigenvalue weighted by Crippen LogP contribution is -2.15. The van der Waals surface area contributed by atoms with E-state index in [1.54, 1.807) is 43.5 Å². The number of benzene rings is 1. The Morgan fingerprint density at radius 3 is 3.00 bits per heavy atom. The number of amides is 1. The highest BCUT2D eigenvalue weighted by atomic mass is 16.5. The Morgan fingerprint density at radius 2 is 2.24 bits per heavy atom. The maximum absolute atomic E-state index is 12.3. The van der Waals surface area contributed by atoms with Gasteiger partial charge in [0.2, 0.25) is 0 Å². The van der Waals surface area contributed by atoms with E-state index in [2.05, 4.69) is 22.1 Å². The first kappa shape index (κ1) is 14.6. The summed E-state index contributed by atoms with van der Waals surface area (Å²) in [7, 11) is 1.56. The van der Waals surface area contributed by atoms with Crippen LogP contribution >= 0.6 is 0 Å². The molecule has 0 aliphatic carbocycles. The molecule has 1 heterocycles. The summed E-state index contributed by atoms with van der Waals surface area (Å²) in [4.78, 5) is 16.3. The van der Waals surface area contributed by atoms with E-state index >= 15 is 0 Å². The van der Waals surface area contributed by atoms with Crippen molar-refractivity contribution in [3.8, 4) is 17.6 Å². The average molecular weight is 282 g/mol. The Morgan fingerprint density at radius 1 is 1.38 bits per heavy atom. The van der Waals surface area contributed by atoms with Gasteiger partial charge in [-0.3, -0.25) is 4.79 Å². The van der Waals surface area contributed by atoms with Crippen LogP contribution in [0.5, 0.6) is 5.75 Å². The smallest absolute Gasteiger partial charge is 0.275 e. The number of hydrogen-bond donors (Lipinski definition) is 2. The Kier molecular flexibility index (Phi) is 4.91. The molecule has 0 fully saturated rings. The molecular formula is C16H14N2O3. The van der Waals surface area contributed by atoms with Crippen molar-refractivity contribution in [1.29, 1.82) is 0 Å². The topological polar surface area (TPSA) is 71.5 Å². The molecule has 21 heavy (non-hydrogen) atoms. The molecule has 2 rings (SSSR count). The number of hydrogen-bond acceptors (Lipinski definition) is 4. The molecule has 0 atom stereocenters. The lowest BCUT2D eigenvalue weighted by Gasteiger charge is -2.07. The third-order valence-corrected chi connectivity index (χ3v) is 2.65. The fourth-order valence-corrected chi connectivity index (χ4v) is 1.71. The Balaban J connectivity index is 2.24. The summed E-state index contributed by atoms with van der Waals surface area (Å²) in [5.74, 6) is 5.49. The van der Waals surface area contributed by atoms with E-state index < -0.39 is 0 Å². The van der Waals surface area contributed by atoms with Crippen LogP contribution in [0.15, 0.2) is 42.6 Å².